The van der Waals surface area contributed by atoms with Gasteiger partial charge in [-0.3, -0.25) is 4.98 Å². The standard InChI is InChI=1S/C21H21FN4O2/c1-26-19-7-9-23-14-18(19)17-5-6-20(25-21(17)26)24-15-3-2-4-16(13-15)28-12-11-27-10-8-22/h2-7,9,13-14H,8,10-12H2,1H3,(H,24,25). The predicted octanol–water partition coefficient (Wildman–Crippen LogP) is 4.23. The van der Waals surface area contributed by atoms with E-state index in [1.807, 2.05) is 49.6 Å². The number of benzene rings is 1. The van der Waals surface area contributed by atoms with Crippen LogP contribution in [0.1, 0.15) is 0 Å². The van der Waals surface area contributed by atoms with Gasteiger partial charge in [0.25, 0.3) is 0 Å². The number of fused-ring (bicyclic) bond motifs is 3. The largest absolute Gasteiger partial charge is 0.491 e. The lowest BCUT2D eigenvalue weighted by molar-refractivity contribution is 0.0897. The van der Waals surface area contributed by atoms with Crippen molar-refractivity contribution in [3.8, 4) is 5.75 Å². The summed E-state index contributed by atoms with van der Waals surface area (Å²) < 4.78 is 24.8. The molecule has 0 radical (unpaired) electrons. The third-order valence-corrected chi connectivity index (χ3v) is 4.47. The first-order valence-electron chi connectivity index (χ1n) is 9.09. The Bertz CT molecular complexity index is 1100. The van der Waals surface area contributed by atoms with Crippen molar-refractivity contribution in [2.75, 3.05) is 31.8 Å². The van der Waals surface area contributed by atoms with E-state index >= 15 is 0 Å². The highest BCUT2D eigenvalue weighted by atomic mass is 19.1. The van der Waals surface area contributed by atoms with Crippen LogP contribution in [-0.2, 0) is 11.8 Å². The molecule has 0 fully saturated rings. The Labute approximate surface area is 161 Å². The fourth-order valence-corrected chi connectivity index (χ4v) is 3.17. The van der Waals surface area contributed by atoms with Crippen molar-refractivity contribution in [2.45, 2.75) is 0 Å². The molecule has 0 spiro atoms. The van der Waals surface area contributed by atoms with Crippen LogP contribution in [-0.4, -0.2) is 41.0 Å². The van der Waals surface area contributed by atoms with Crippen LogP contribution in [0.25, 0.3) is 21.9 Å². The Hall–Kier alpha value is -3.19. The molecule has 0 atom stereocenters. The maximum absolute atomic E-state index is 12.0. The molecule has 0 aliphatic rings. The summed E-state index contributed by atoms with van der Waals surface area (Å²) in [6, 6.07) is 13.6. The molecule has 3 heterocycles. The topological polar surface area (TPSA) is 61.2 Å². The molecular formula is C21H21FN4O2. The monoisotopic (exact) mass is 380 g/mol. The minimum Gasteiger partial charge on any atom is -0.491 e. The molecule has 0 saturated heterocycles. The number of alkyl halides is 1. The molecular weight excluding hydrogens is 359 g/mol. The van der Waals surface area contributed by atoms with E-state index in [0.717, 1.165) is 33.4 Å². The number of nitrogens with one attached hydrogen (secondary N) is 1. The molecule has 1 aromatic carbocycles. The number of anilines is 2. The van der Waals surface area contributed by atoms with Gasteiger partial charge < -0.3 is 19.4 Å². The highest BCUT2D eigenvalue weighted by Gasteiger charge is 2.10. The first kappa shape index (κ1) is 18.2. The van der Waals surface area contributed by atoms with E-state index in [9.17, 15) is 4.39 Å². The SMILES string of the molecule is Cn1c2ccncc2c2ccc(Nc3cccc(OCCOCCF)c3)nc21. The van der Waals surface area contributed by atoms with Gasteiger partial charge in [0.05, 0.1) is 18.7 Å². The highest BCUT2D eigenvalue weighted by molar-refractivity contribution is 6.06. The molecule has 0 aliphatic heterocycles. The first-order chi connectivity index (χ1) is 13.8. The molecule has 0 unspecified atom stereocenters. The van der Waals surface area contributed by atoms with Crippen LogP contribution in [0.4, 0.5) is 15.9 Å². The number of aryl methyl sites for hydroxylation is 1. The van der Waals surface area contributed by atoms with Crippen LogP contribution in [0.5, 0.6) is 5.75 Å². The second-order valence-electron chi connectivity index (χ2n) is 6.32. The summed E-state index contributed by atoms with van der Waals surface area (Å²) in [7, 11) is 2.00. The van der Waals surface area contributed by atoms with Crippen LogP contribution in [0.3, 0.4) is 0 Å². The maximum Gasteiger partial charge on any atom is 0.143 e. The fraction of sp³-hybridized carbons (Fsp3) is 0.238. The number of hydrogen-bond acceptors (Lipinski definition) is 5. The molecule has 0 saturated carbocycles. The van der Waals surface area contributed by atoms with Crippen molar-refractivity contribution >= 4 is 33.4 Å². The smallest absolute Gasteiger partial charge is 0.143 e. The number of rotatable bonds is 8. The predicted molar refractivity (Wildman–Crippen MR) is 108 cm³/mol. The number of aromatic nitrogens is 3. The van der Waals surface area contributed by atoms with E-state index in [2.05, 4.69) is 20.9 Å². The lowest BCUT2D eigenvalue weighted by Gasteiger charge is -2.10. The molecule has 1 N–H and O–H groups in total. The molecule has 3 aromatic heterocycles. The number of nitrogens with zero attached hydrogens (tertiary/aromatic N) is 3. The van der Waals surface area contributed by atoms with E-state index < -0.39 is 6.67 Å². The van der Waals surface area contributed by atoms with E-state index in [-0.39, 0.29) is 6.61 Å². The minimum atomic E-state index is -0.482. The lowest BCUT2D eigenvalue weighted by Crippen LogP contribution is -2.08. The van der Waals surface area contributed by atoms with Crippen molar-refractivity contribution in [1.82, 2.24) is 14.5 Å². The average Bonchev–Trinajstić information content (AvgIpc) is 3.00. The molecule has 4 aromatic rings. The Kier molecular flexibility index (Phi) is 5.34. The first-order valence-corrected chi connectivity index (χ1v) is 9.09. The van der Waals surface area contributed by atoms with Gasteiger partial charge in [-0.25, -0.2) is 9.37 Å². The van der Waals surface area contributed by atoms with Crippen molar-refractivity contribution in [2.24, 2.45) is 7.05 Å². The Balaban J connectivity index is 1.51. The summed E-state index contributed by atoms with van der Waals surface area (Å²) in [6.45, 7) is 0.348. The normalized spacial score (nSPS) is 11.2. The van der Waals surface area contributed by atoms with Crippen LogP contribution >= 0.6 is 0 Å². The number of pyridine rings is 2. The zero-order valence-corrected chi connectivity index (χ0v) is 15.6. The van der Waals surface area contributed by atoms with Gasteiger partial charge in [0.2, 0.25) is 0 Å². The van der Waals surface area contributed by atoms with Gasteiger partial charge >= 0.3 is 0 Å². The van der Waals surface area contributed by atoms with Crippen LogP contribution in [0.15, 0.2) is 54.9 Å². The fourth-order valence-electron chi connectivity index (χ4n) is 3.17. The van der Waals surface area contributed by atoms with E-state index in [4.69, 9.17) is 14.5 Å². The Morgan fingerprint density at radius 1 is 1.07 bits per heavy atom. The van der Waals surface area contributed by atoms with E-state index in [1.165, 1.54) is 0 Å². The Morgan fingerprint density at radius 3 is 2.89 bits per heavy atom. The van der Waals surface area contributed by atoms with Gasteiger partial charge in [-0.05, 0) is 30.3 Å². The van der Waals surface area contributed by atoms with Crippen molar-refractivity contribution in [1.29, 1.82) is 0 Å². The van der Waals surface area contributed by atoms with Gasteiger partial charge in [0, 0.05) is 42.0 Å². The molecule has 7 heteroatoms. The summed E-state index contributed by atoms with van der Waals surface area (Å²) in [4.78, 5) is 8.98. The maximum atomic E-state index is 12.0. The summed E-state index contributed by atoms with van der Waals surface area (Å²) in [5.74, 6) is 1.46. The van der Waals surface area contributed by atoms with Crippen molar-refractivity contribution in [3.63, 3.8) is 0 Å². The van der Waals surface area contributed by atoms with Gasteiger partial charge in [0.1, 0.15) is 30.5 Å². The summed E-state index contributed by atoms with van der Waals surface area (Å²) in [5.41, 5.74) is 2.86. The molecule has 144 valence electrons. The molecule has 0 bridgehead atoms. The number of hydrogen-bond donors (Lipinski definition) is 1. The van der Waals surface area contributed by atoms with E-state index in [1.54, 1.807) is 6.20 Å². The second-order valence-corrected chi connectivity index (χ2v) is 6.32. The van der Waals surface area contributed by atoms with Crippen molar-refractivity contribution in [3.05, 3.63) is 54.9 Å². The zero-order chi connectivity index (χ0) is 19.3. The molecule has 6 nitrogen and oxygen atoms in total. The lowest BCUT2D eigenvalue weighted by atomic mass is 10.2. The average molecular weight is 380 g/mol. The van der Waals surface area contributed by atoms with Gasteiger partial charge in [-0.1, -0.05) is 6.07 Å². The Morgan fingerprint density at radius 2 is 2.00 bits per heavy atom. The third kappa shape index (κ3) is 3.75. The number of halogens is 1. The molecule has 4 rings (SSSR count). The molecule has 0 aliphatic carbocycles. The summed E-state index contributed by atoms with van der Waals surface area (Å²) >= 11 is 0. The molecule has 0 amide bonds. The number of ether oxygens (including phenoxy) is 2. The van der Waals surface area contributed by atoms with Gasteiger partial charge in [-0.15, -0.1) is 0 Å². The molecule has 28 heavy (non-hydrogen) atoms. The summed E-state index contributed by atoms with van der Waals surface area (Å²) in [6.07, 6.45) is 3.65. The minimum absolute atomic E-state index is 0.101. The van der Waals surface area contributed by atoms with E-state index in [0.29, 0.717) is 19.0 Å². The second kappa shape index (κ2) is 8.22. The van der Waals surface area contributed by atoms with Crippen LogP contribution in [0.2, 0.25) is 0 Å². The third-order valence-electron chi connectivity index (χ3n) is 4.47. The highest BCUT2D eigenvalue weighted by Crippen LogP contribution is 2.28. The van der Waals surface area contributed by atoms with Crippen LogP contribution in [0, 0.1) is 0 Å². The zero-order valence-electron chi connectivity index (χ0n) is 15.6. The summed E-state index contributed by atoms with van der Waals surface area (Å²) in [5, 5.41) is 5.48. The quantitative estimate of drug-likeness (QED) is 0.464. The van der Waals surface area contributed by atoms with Crippen LogP contribution < -0.4 is 10.1 Å². The van der Waals surface area contributed by atoms with Gasteiger partial charge in [-0.2, -0.15) is 0 Å². The van der Waals surface area contributed by atoms with Crippen molar-refractivity contribution < 1.29 is 13.9 Å². The van der Waals surface area contributed by atoms with Gasteiger partial charge in [0.15, 0.2) is 0 Å².